The highest BCUT2D eigenvalue weighted by atomic mass is 35.5. The van der Waals surface area contributed by atoms with Crippen LogP contribution in [0.5, 0.6) is 0 Å². The van der Waals surface area contributed by atoms with Crippen molar-refractivity contribution < 1.29 is 9.59 Å². The average molecular weight is 415 g/mol. The number of nitrogens with one attached hydrogen (secondary N) is 1. The standard InChI is InChI=1S/C20H15ClN2O2S2/c1-11-2-4-12(5-3-11)17-9-26-20(23-17)27-10-18(24)14-6-13-7-19(25)22-16(13)8-15(14)21/h2-6,8-9H,7,10H2,1H3,(H,22,25). The number of thiazole rings is 1. The van der Waals surface area contributed by atoms with Gasteiger partial charge in [0.1, 0.15) is 0 Å². The van der Waals surface area contributed by atoms with Crippen molar-refractivity contribution in [3.05, 3.63) is 63.5 Å². The van der Waals surface area contributed by atoms with Crippen LogP contribution < -0.4 is 5.32 Å². The molecule has 0 fully saturated rings. The van der Waals surface area contributed by atoms with Gasteiger partial charge < -0.3 is 5.32 Å². The van der Waals surface area contributed by atoms with Gasteiger partial charge in [0, 0.05) is 22.2 Å². The predicted octanol–water partition coefficient (Wildman–Crippen LogP) is 5.24. The summed E-state index contributed by atoms with van der Waals surface area (Å²) in [6.07, 6.45) is 0.284. The SMILES string of the molecule is Cc1ccc(-c2csc(SCC(=O)c3cc4c(cc3Cl)NC(=O)C4)n2)cc1. The second-order valence-corrected chi connectivity index (χ2v) is 8.78. The van der Waals surface area contributed by atoms with Crippen LogP contribution in [-0.2, 0) is 11.2 Å². The number of nitrogens with zero attached hydrogens (tertiary/aromatic N) is 1. The number of anilines is 1. The van der Waals surface area contributed by atoms with Crippen molar-refractivity contribution in [2.24, 2.45) is 0 Å². The fourth-order valence-electron chi connectivity index (χ4n) is 2.85. The third kappa shape index (κ3) is 3.93. The summed E-state index contributed by atoms with van der Waals surface area (Å²) in [5.74, 6) is 0.103. The van der Waals surface area contributed by atoms with Crippen molar-refractivity contribution in [1.82, 2.24) is 4.98 Å². The first-order valence-corrected chi connectivity index (χ1v) is 10.5. The number of carbonyl (C=O) groups is 2. The maximum Gasteiger partial charge on any atom is 0.228 e. The highest BCUT2D eigenvalue weighted by Gasteiger charge is 2.22. The molecule has 4 nitrogen and oxygen atoms in total. The van der Waals surface area contributed by atoms with E-state index >= 15 is 0 Å². The Kier molecular flexibility index (Phi) is 5.04. The minimum atomic E-state index is -0.0774. The van der Waals surface area contributed by atoms with Crippen molar-refractivity contribution >= 4 is 52.1 Å². The quantitative estimate of drug-likeness (QED) is 0.458. The topological polar surface area (TPSA) is 59.1 Å². The van der Waals surface area contributed by atoms with Crippen LogP contribution >= 0.6 is 34.7 Å². The molecule has 0 atom stereocenters. The second-order valence-electron chi connectivity index (χ2n) is 6.29. The molecule has 2 heterocycles. The van der Waals surface area contributed by atoms with Gasteiger partial charge in [0.05, 0.1) is 22.9 Å². The predicted molar refractivity (Wildman–Crippen MR) is 111 cm³/mol. The van der Waals surface area contributed by atoms with E-state index < -0.39 is 0 Å². The van der Waals surface area contributed by atoms with Gasteiger partial charge in [-0.1, -0.05) is 53.2 Å². The number of hydrogen-bond donors (Lipinski definition) is 1. The van der Waals surface area contributed by atoms with Gasteiger partial charge in [0.15, 0.2) is 10.1 Å². The smallest absolute Gasteiger partial charge is 0.228 e. The number of halogens is 1. The van der Waals surface area contributed by atoms with E-state index in [0.29, 0.717) is 16.3 Å². The van der Waals surface area contributed by atoms with E-state index in [1.165, 1.54) is 28.7 Å². The molecule has 1 aliphatic heterocycles. The monoisotopic (exact) mass is 414 g/mol. The number of fused-ring (bicyclic) bond motifs is 1. The van der Waals surface area contributed by atoms with E-state index in [1.54, 1.807) is 12.1 Å². The first-order valence-electron chi connectivity index (χ1n) is 8.30. The number of rotatable bonds is 5. The summed E-state index contributed by atoms with van der Waals surface area (Å²) in [5, 5.41) is 5.09. The molecular weight excluding hydrogens is 400 g/mol. The lowest BCUT2D eigenvalue weighted by Crippen LogP contribution is -2.04. The molecule has 136 valence electrons. The highest BCUT2D eigenvalue weighted by Crippen LogP contribution is 2.32. The number of aromatic nitrogens is 1. The number of aryl methyl sites for hydroxylation is 1. The Hall–Kier alpha value is -2.15. The fraction of sp³-hybridized carbons (Fsp3) is 0.150. The van der Waals surface area contributed by atoms with Crippen molar-refractivity contribution in [1.29, 1.82) is 0 Å². The van der Waals surface area contributed by atoms with Crippen molar-refractivity contribution in [2.45, 2.75) is 17.7 Å². The minimum absolute atomic E-state index is 0.0702. The van der Waals surface area contributed by atoms with Crippen LogP contribution in [0, 0.1) is 6.92 Å². The van der Waals surface area contributed by atoms with Crippen molar-refractivity contribution in [3.63, 3.8) is 0 Å². The maximum absolute atomic E-state index is 12.6. The summed E-state index contributed by atoms with van der Waals surface area (Å²) in [6, 6.07) is 11.6. The van der Waals surface area contributed by atoms with Crippen LogP contribution in [0.25, 0.3) is 11.3 Å². The summed E-state index contributed by atoms with van der Waals surface area (Å²) < 4.78 is 0.841. The molecule has 0 unspecified atom stereocenters. The normalized spacial score (nSPS) is 12.7. The summed E-state index contributed by atoms with van der Waals surface area (Å²) in [5.41, 5.74) is 5.14. The molecule has 1 aliphatic rings. The van der Waals surface area contributed by atoms with Crippen LogP contribution in [0.3, 0.4) is 0 Å². The minimum Gasteiger partial charge on any atom is -0.325 e. The molecule has 3 aromatic rings. The van der Waals surface area contributed by atoms with E-state index in [9.17, 15) is 9.59 Å². The summed E-state index contributed by atoms with van der Waals surface area (Å²) >= 11 is 9.16. The van der Waals surface area contributed by atoms with Gasteiger partial charge >= 0.3 is 0 Å². The number of hydrogen-bond acceptors (Lipinski definition) is 5. The Morgan fingerprint density at radius 2 is 2.07 bits per heavy atom. The summed E-state index contributed by atoms with van der Waals surface area (Å²) in [7, 11) is 0. The van der Waals surface area contributed by atoms with Gasteiger partial charge in [-0.05, 0) is 24.6 Å². The molecule has 0 radical (unpaired) electrons. The Labute approximate surface area is 170 Å². The zero-order valence-electron chi connectivity index (χ0n) is 14.4. The van der Waals surface area contributed by atoms with E-state index in [-0.39, 0.29) is 23.9 Å². The Morgan fingerprint density at radius 1 is 1.30 bits per heavy atom. The van der Waals surface area contributed by atoms with Gasteiger partial charge in [-0.2, -0.15) is 0 Å². The molecule has 1 amide bonds. The molecule has 0 aliphatic carbocycles. The van der Waals surface area contributed by atoms with Crippen LogP contribution in [0.4, 0.5) is 5.69 Å². The average Bonchev–Trinajstić information content (AvgIpc) is 3.25. The molecule has 0 saturated heterocycles. The summed E-state index contributed by atoms with van der Waals surface area (Å²) in [4.78, 5) is 28.7. The lowest BCUT2D eigenvalue weighted by Gasteiger charge is -2.06. The molecule has 7 heteroatoms. The van der Waals surface area contributed by atoms with Gasteiger partial charge in [0.25, 0.3) is 0 Å². The largest absolute Gasteiger partial charge is 0.325 e. The number of ketones is 1. The molecule has 0 spiro atoms. The van der Waals surface area contributed by atoms with E-state index in [0.717, 1.165) is 21.2 Å². The van der Waals surface area contributed by atoms with Gasteiger partial charge in [-0.15, -0.1) is 11.3 Å². The van der Waals surface area contributed by atoms with Crippen LogP contribution in [0.1, 0.15) is 21.5 Å². The Balaban J connectivity index is 1.45. The number of benzene rings is 2. The van der Waals surface area contributed by atoms with E-state index in [2.05, 4.69) is 22.4 Å². The molecule has 27 heavy (non-hydrogen) atoms. The molecular formula is C20H15ClN2O2S2. The molecule has 1 aromatic heterocycles. The summed E-state index contributed by atoms with van der Waals surface area (Å²) in [6.45, 7) is 2.05. The van der Waals surface area contributed by atoms with Gasteiger partial charge in [-0.25, -0.2) is 4.98 Å². The maximum atomic E-state index is 12.6. The Bertz CT molecular complexity index is 1040. The third-order valence-corrected chi connectivity index (χ3v) is 6.61. The third-order valence-electron chi connectivity index (χ3n) is 4.28. The lowest BCUT2D eigenvalue weighted by molar-refractivity contribution is -0.115. The van der Waals surface area contributed by atoms with E-state index in [1.807, 2.05) is 24.4 Å². The number of thioether (sulfide) groups is 1. The highest BCUT2D eigenvalue weighted by molar-refractivity contribution is 8.01. The molecule has 1 N–H and O–H groups in total. The van der Waals surface area contributed by atoms with Crippen molar-refractivity contribution in [2.75, 3.05) is 11.1 Å². The molecule has 0 bridgehead atoms. The van der Waals surface area contributed by atoms with Crippen LogP contribution in [-0.4, -0.2) is 22.4 Å². The van der Waals surface area contributed by atoms with E-state index in [4.69, 9.17) is 11.6 Å². The van der Waals surface area contributed by atoms with Gasteiger partial charge in [-0.3, -0.25) is 9.59 Å². The van der Waals surface area contributed by atoms with Crippen LogP contribution in [0.2, 0.25) is 5.02 Å². The first-order chi connectivity index (χ1) is 13.0. The number of carbonyl (C=O) groups excluding carboxylic acids is 2. The molecule has 2 aromatic carbocycles. The molecule has 4 rings (SSSR count). The van der Waals surface area contributed by atoms with Crippen LogP contribution in [0.15, 0.2) is 46.1 Å². The second kappa shape index (κ2) is 7.46. The number of Topliss-reactive ketones (excluding diaryl/α,β-unsaturated/α-hetero) is 1. The van der Waals surface area contributed by atoms with Gasteiger partial charge in [0.2, 0.25) is 5.91 Å². The fourth-order valence-corrected chi connectivity index (χ4v) is 4.83. The molecule has 0 saturated carbocycles. The Morgan fingerprint density at radius 3 is 2.85 bits per heavy atom. The van der Waals surface area contributed by atoms with Crippen molar-refractivity contribution in [3.8, 4) is 11.3 Å². The number of amides is 1. The zero-order chi connectivity index (χ0) is 19.0. The first kappa shape index (κ1) is 18.2. The lowest BCUT2D eigenvalue weighted by atomic mass is 10.1. The zero-order valence-corrected chi connectivity index (χ0v) is 16.8.